The van der Waals surface area contributed by atoms with Crippen molar-refractivity contribution in [2.24, 2.45) is 0 Å². The van der Waals surface area contributed by atoms with Crippen molar-refractivity contribution in [1.29, 1.82) is 0 Å². The van der Waals surface area contributed by atoms with E-state index in [9.17, 15) is 8.42 Å². The average Bonchev–Trinajstić information content (AvgIpc) is 3.04. The molecule has 3 rings (SSSR count). The van der Waals surface area contributed by atoms with Gasteiger partial charge in [-0.2, -0.15) is 4.31 Å². The second-order valence-corrected chi connectivity index (χ2v) is 8.70. The van der Waals surface area contributed by atoms with Crippen LogP contribution in [0.1, 0.15) is 6.42 Å². The summed E-state index contributed by atoms with van der Waals surface area (Å²) in [6.07, 6.45) is 0.875. The van der Waals surface area contributed by atoms with E-state index >= 15 is 0 Å². The third-order valence-corrected chi connectivity index (χ3v) is 6.74. The molecule has 2 aromatic carbocycles. The minimum atomic E-state index is -3.49. The van der Waals surface area contributed by atoms with Crippen molar-refractivity contribution in [1.82, 2.24) is 9.21 Å². The largest absolute Gasteiger partial charge is 0.377 e. The van der Waals surface area contributed by atoms with Crippen LogP contribution in [0, 0.1) is 0 Å². The Morgan fingerprint density at radius 2 is 1.67 bits per heavy atom. The Labute approximate surface area is 144 Å². The highest BCUT2D eigenvalue weighted by Gasteiger charge is 2.34. The monoisotopic (exact) mass is 347 g/mol. The number of fused-ring (bicyclic) bond motifs is 1. The molecule has 0 spiro atoms. The van der Waals surface area contributed by atoms with Crippen LogP contribution in [0.2, 0.25) is 0 Å². The second-order valence-electron chi connectivity index (χ2n) is 6.79. The molecule has 0 bridgehead atoms. The zero-order chi connectivity index (χ0) is 17.5. The molecule has 1 aliphatic heterocycles. The average molecular weight is 347 g/mol. The molecule has 1 unspecified atom stereocenters. The van der Waals surface area contributed by atoms with E-state index in [-0.39, 0.29) is 6.04 Å². The molecule has 24 heavy (non-hydrogen) atoms. The van der Waals surface area contributed by atoms with Gasteiger partial charge in [0, 0.05) is 49.7 Å². The van der Waals surface area contributed by atoms with Crippen molar-refractivity contribution in [3.8, 4) is 0 Å². The summed E-state index contributed by atoms with van der Waals surface area (Å²) in [5.41, 5.74) is 1.03. The first kappa shape index (κ1) is 17.2. The predicted octanol–water partition coefficient (Wildman–Crippen LogP) is 2.23. The SMILES string of the molecule is CN(C)c1cccc2c(S(=O)(=O)N3CCC(N(C)C)C3)cccc12. The van der Waals surface area contributed by atoms with Gasteiger partial charge in [0.1, 0.15) is 0 Å². The number of anilines is 1. The summed E-state index contributed by atoms with van der Waals surface area (Å²) in [5, 5.41) is 1.75. The van der Waals surface area contributed by atoms with Gasteiger partial charge in [0.2, 0.25) is 10.0 Å². The standard InChI is InChI=1S/C18H25N3O2S/c1-19(2)14-11-12-21(13-14)24(22,23)18-10-6-7-15-16(18)8-5-9-17(15)20(3)4/h5-10,14H,11-13H2,1-4H3. The lowest BCUT2D eigenvalue weighted by molar-refractivity contribution is 0.302. The summed E-state index contributed by atoms with van der Waals surface area (Å²) >= 11 is 0. The molecule has 1 atom stereocenters. The van der Waals surface area contributed by atoms with Crippen LogP contribution < -0.4 is 4.90 Å². The maximum atomic E-state index is 13.2. The molecule has 0 radical (unpaired) electrons. The van der Waals surface area contributed by atoms with Gasteiger partial charge in [-0.05, 0) is 32.6 Å². The Kier molecular flexibility index (Phi) is 4.55. The molecule has 0 saturated carbocycles. The molecule has 130 valence electrons. The van der Waals surface area contributed by atoms with E-state index in [1.807, 2.05) is 63.4 Å². The van der Waals surface area contributed by atoms with Crippen molar-refractivity contribution in [2.45, 2.75) is 17.4 Å². The summed E-state index contributed by atoms with van der Waals surface area (Å²) in [4.78, 5) is 4.52. The molecule has 2 aromatic rings. The maximum Gasteiger partial charge on any atom is 0.243 e. The molecule has 5 nitrogen and oxygen atoms in total. The van der Waals surface area contributed by atoms with Crippen LogP contribution >= 0.6 is 0 Å². The number of sulfonamides is 1. The Balaban J connectivity index is 2.08. The van der Waals surface area contributed by atoms with Crippen molar-refractivity contribution < 1.29 is 8.42 Å². The Hall–Kier alpha value is -1.63. The van der Waals surface area contributed by atoms with E-state index in [2.05, 4.69) is 4.90 Å². The molecule has 0 aliphatic carbocycles. The quantitative estimate of drug-likeness (QED) is 0.851. The minimum Gasteiger partial charge on any atom is -0.377 e. The van der Waals surface area contributed by atoms with E-state index in [0.717, 1.165) is 22.9 Å². The van der Waals surface area contributed by atoms with Crippen LogP contribution in [0.5, 0.6) is 0 Å². The lowest BCUT2D eigenvalue weighted by Crippen LogP contribution is -2.34. The number of benzene rings is 2. The van der Waals surface area contributed by atoms with Gasteiger partial charge in [-0.15, -0.1) is 0 Å². The molecule has 1 heterocycles. The van der Waals surface area contributed by atoms with Crippen LogP contribution in [0.3, 0.4) is 0 Å². The summed E-state index contributed by atoms with van der Waals surface area (Å²) in [6.45, 7) is 1.13. The normalized spacial score (nSPS) is 19.3. The molecular formula is C18H25N3O2S. The molecule has 6 heteroatoms. The van der Waals surface area contributed by atoms with Gasteiger partial charge in [0.15, 0.2) is 0 Å². The minimum absolute atomic E-state index is 0.284. The van der Waals surface area contributed by atoms with Gasteiger partial charge in [0.05, 0.1) is 4.90 Å². The van der Waals surface area contributed by atoms with Crippen LogP contribution in [-0.2, 0) is 10.0 Å². The highest BCUT2D eigenvalue weighted by Crippen LogP contribution is 2.32. The lowest BCUT2D eigenvalue weighted by Gasteiger charge is -2.22. The Morgan fingerprint density at radius 3 is 2.29 bits per heavy atom. The first-order valence-electron chi connectivity index (χ1n) is 8.18. The van der Waals surface area contributed by atoms with Gasteiger partial charge < -0.3 is 9.80 Å². The van der Waals surface area contributed by atoms with Gasteiger partial charge >= 0.3 is 0 Å². The van der Waals surface area contributed by atoms with Crippen LogP contribution in [0.4, 0.5) is 5.69 Å². The molecule has 0 amide bonds. The van der Waals surface area contributed by atoms with E-state index in [1.54, 1.807) is 10.4 Å². The fraction of sp³-hybridized carbons (Fsp3) is 0.444. The first-order valence-corrected chi connectivity index (χ1v) is 9.62. The number of hydrogen-bond acceptors (Lipinski definition) is 4. The van der Waals surface area contributed by atoms with Gasteiger partial charge in [-0.3, -0.25) is 0 Å². The number of hydrogen-bond donors (Lipinski definition) is 0. The zero-order valence-corrected chi connectivity index (χ0v) is 15.5. The highest BCUT2D eigenvalue weighted by molar-refractivity contribution is 7.89. The van der Waals surface area contributed by atoms with Gasteiger partial charge in [0.25, 0.3) is 0 Å². The number of nitrogens with zero attached hydrogens (tertiary/aromatic N) is 3. The molecular weight excluding hydrogens is 322 g/mol. The summed E-state index contributed by atoms with van der Waals surface area (Å²) in [5.74, 6) is 0. The van der Waals surface area contributed by atoms with Crippen molar-refractivity contribution in [3.63, 3.8) is 0 Å². The van der Waals surface area contributed by atoms with Crippen LogP contribution in [-0.4, -0.2) is 64.9 Å². The molecule has 1 saturated heterocycles. The zero-order valence-electron chi connectivity index (χ0n) is 14.7. The fourth-order valence-electron chi connectivity index (χ4n) is 3.37. The molecule has 0 N–H and O–H groups in total. The van der Waals surface area contributed by atoms with Crippen molar-refractivity contribution in [2.75, 3.05) is 46.2 Å². The lowest BCUT2D eigenvalue weighted by atomic mass is 10.1. The topological polar surface area (TPSA) is 43.9 Å². The van der Waals surface area contributed by atoms with Gasteiger partial charge in [-0.25, -0.2) is 8.42 Å². The number of likely N-dealkylation sites (N-methyl/N-ethyl adjacent to an activating group) is 1. The first-order chi connectivity index (χ1) is 11.3. The third kappa shape index (κ3) is 2.90. The Morgan fingerprint density at radius 1 is 1.00 bits per heavy atom. The highest BCUT2D eigenvalue weighted by atomic mass is 32.2. The van der Waals surface area contributed by atoms with E-state index < -0.39 is 10.0 Å². The predicted molar refractivity (Wildman–Crippen MR) is 99.1 cm³/mol. The molecule has 0 aromatic heterocycles. The molecule has 1 fully saturated rings. The number of rotatable bonds is 4. The smallest absolute Gasteiger partial charge is 0.243 e. The van der Waals surface area contributed by atoms with Crippen molar-refractivity contribution >= 4 is 26.5 Å². The molecule has 1 aliphatic rings. The summed E-state index contributed by atoms with van der Waals surface area (Å²) < 4.78 is 28.0. The van der Waals surface area contributed by atoms with E-state index in [1.165, 1.54) is 0 Å². The van der Waals surface area contributed by atoms with Crippen LogP contribution in [0.25, 0.3) is 10.8 Å². The summed E-state index contributed by atoms with van der Waals surface area (Å²) in [7, 11) is 4.46. The summed E-state index contributed by atoms with van der Waals surface area (Å²) in [6, 6.07) is 11.7. The second kappa shape index (κ2) is 6.35. The third-order valence-electron chi connectivity index (χ3n) is 4.82. The maximum absolute atomic E-state index is 13.2. The fourth-order valence-corrected chi connectivity index (χ4v) is 5.07. The van der Waals surface area contributed by atoms with Crippen molar-refractivity contribution in [3.05, 3.63) is 36.4 Å². The van der Waals surface area contributed by atoms with E-state index in [4.69, 9.17) is 0 Å². The van der Waals surface area contributed by atoms with Gasteiger partial charge in [-0.1, -0.05) is 24.3 Å². The van der Waals surface area contributed by atoms with E-state index in [0.29, 0.717) is 18.0 Å². The Bertz CT molecular complexity index is 846. The van der Waals surface area contributed by atoms with Crippen LogP contribution in [0.15, 0.2) is 41.3 Å².